The SMILES string of the molecule is CCCC1CCCCN1CCC(CN)OC. The molecule has 0 radical (unpaired) electrons. The summed E-state index contributed by atoms with van der Waals surface area (Å²) in [6.07, 6.45) is 8.11. The highest BCUT2D eigenvalue weighted by Crippen LogP contribution is 2.21. The molecule has 3 nitrogen and oxygen atoms in total. The number of likely N-dealkylation sites (tertiary alicyclic amines) is 1. The van der Waals surface area contributed by atoms with Gasteiger partial charge in [0.15, 0.2) is 0 Å². The third-order valence-electron chi connectivity index (χ3n) is 3.71. The van der Waals surface area contributed by atoms with Crippen molar-refractivity contribution in [3.8, 4) is 0 Å². The Kier molecular flexibility index (Phi) is 7.01. The molecule has 1 fully saturated rings. The van der Waals surface area contributed by atoms with Crippen molar-refractivity contribution in [2.45, 2.75) is 57.6 Å². The Morgan fingerprint density at radius 1 is 1.44 bits per heavy atom. The second kappa shape index (κ2) is 8.04. The van der Waals surface area contributed by atoms with Crippen LogP contribution in [0.2, 0.25) is 0 Å². The number of hydrogen-bond donors (Lipinski definition) is 1. The van der Waals surface area contributed by atoms with Gasteiger partial charge in [-0.05, 0) is 32.2 Å². The summed E-state index contributed by atoms with van der Waals surface area (Å²) >= 11 is 0. The van der Waals surface area contributed by atoms with E-state index >= 15 is 0 Å². The summed E-state index contributed by atoms with van der Waals surface area (Å²) in [7, 11) is 1.76. The molecule has 2 unspecified atom stereocenters. The lowest BCUT2D eigenvalue weighted by atomic mass is 9.98. The first-order valence-electron chi connectivity index (χ1n) is 6.78. The number of nitrogens with zero attached hydrogens (tertiary/aromatic N) is 1. The Morgan fingerprint density at radius 2 is 2.25 bits per heavy atom. The predicted molar refractivity (Wildman–Crippen MR) is 68.6 cm³/mol. The summed E-state index contributed by atoms with van der Waals surface area (Å²) in [5.41, 5.74) is 5.65. The molecule has 1 rings (SSSR count). The van der Waals surface area contributed by atoms with E-state index < -0.39 is 0 Å². The second-order valence-corrected chi connectivity index (χ2v) is 4.86. The molecule has 0 bridgehead atoms. The molecule has 0 aliphatic carbocycles. The molecule has 0 spiro atoms. The lowest BCUT2D eigenvalue weighted by Crippen LogP contribution is -2.41. The van der Waals surface area contributed by atoms with Crippen LogP contribution < -0.4 is 5.73 Å². The van der Waals surface area contributed by atoms with E-state index in [0.717, 1.165) is 19.0 Å². The topological polar surface area (TPSA) is 38.5 Å². The van der Waals surface area contributed by atoms with Crippen LogP contribution >= 0.6 is 0 Å². The van der Waals surface area contributed by atoms with Crippen LogP contribution in [0.15, 0.2) is 0 Å². The van der Waals surface area contributed by atoms with Crippen LogP contribution in [0.5, 0.6) is 0 Å². The predicted octanol–water partition coefficient (Wildman–Crippen LogP) is 2.00. The van der Waals surface area contributed by atoms with Crippen molar-refractivity contribution in [2.24, 2.45) is 5.73 Å². The van der Waals surface area contributed by atoms with E-state index in [1.807, 2.05) is 0 Å². The van der Waals surface area contributed by atoms with Crippen molar-refractivity contribution in [1.82, 2.24) is 4.90 Å². The molecule has 0 aromatic carbocycles. The third kappa shape index (κ3) is 4.40. The minimum absolute atomic E-state index is 0.240. The zero-order chi connectivity index (χ0) is 11.8. The lowest BCUT2D eigenvalue weighted by Gasteiger charge is -2.36. The number of rotatable bonds is 7. The van der Waals surface area contributed by atoms with Crippen molar-refractivity contribution >= 4 is 0 Å². The summed E-state index contributed by atoms with van der Waals surface area (Å²) < 4.78 is 5.33. The smallest absolute Gasteiger partial charge is 0.0705 e. The molecule has 0 amide bonds. The Hall–Kier alpha value is -0.120. The van der Waals surface area contributed by atoms with Gasteiger partial charge < -0.3 is 15.4 Å². The summed E-state index contributed by atoms with van der Waals surface area (Å²) in [6.45, 7) is 5.35. The van der Waals surface area contributed by atoms with Crippen molar-refractivity contribution in [1.29, 1.82) is 0 Å². The average molecular weight is 228 g/mol. The molecule has 1 aliphatic heterocycles. The van der Waals surface area contributed by atoms with E-state index in [0.29, 0.717) is 6.54 Å². The van der Waals surface area contributed by atoms with Crippen LogP contribution in [0.25, 0.3) is 0 Å². The molecule has 1 saturated heterocycles. The van der Waals surface area contributed by atoms with Crippen molar-refractivity contribution in [2.75, 3.05) is 26.7 Å². The summed E-state index contributed by atoms with van der Waals surface area (Å²) in [6, 6.07) is 0.814. The Balaban J connectivity index is 2.31. The van der Waals surface area contributed by atoms with Gasteiger partial charge in [0.05, 0.1) is 6.10 Å². The maximum absolute atomic E-state index is 5.65. The Morgan fingerprint density at radius 3 is 2.88 bits per heavy atom. The van der Waals surface area contributed by atoms with Gasteiger partial charge in [-0.1, -0.05) is 19.8 Å². The fraction of sp³-hybridized carbons (Fsp3) is 1.00. The van der Waals surface area contributed by atoms with Gasteiger partial charge >= 0.3 is 0 Å². The molecule has 2 N–H and O–H groups in total. The molecule has 1 heterocycles. The van der Waals surface area contributed by atoms with Crippen molar-refractivity contribution in [3.63, 3.8) is 0 Å². The zero-order valence-corrected chi connectivity index (χ0v) is 11.0. The van der Waals surface area contributed by atoms with Crippen LogP contribution in [-0.2, 0) is 4.74 Å². The van der Waals surface area contributed by atoms with E-state index in [9.17, 15) is 0 Å². The maximum atomic E-state index is 5.65. The van der Waals surface area contributed by atoms with Gasteiger partial charge in [0.2, 0.25) is 0 Å². The summed E-state index contributed by atoms with van der Waals surface area (Å²) in [5.74, 6) is 0. The molecule has 0 saturated carbocycles. The molecule has 2 atom stereocenters. The van der Waals surface area contributed by atoms with Gasteiger partial charge in [-0.25, -0.2) is 0 Å². The summed E-state index contributed by atoms with van der Waals surface area (Å²) in [4.78, 5) is 2.65. The molecular formula is C13H28N2O. The molecule has 1 aliphatic rings. The standard InChI is InChI=1S/C13H28N2O/c1-3-6-12-7-4-5-9-15(12)10-8-13(11-14)16-2/h12-13H,3-11,14H2,1-2H3. The highest BCUT2D eigenvalue weighted by Gasteiger charge is 2.21. The molecular weight excluding hydrogens is 200 g/mol. The first kappa shape index (κ1) is 13.9. The fourth-order valence-electron chi connectivity index (χ4n) is 2.66. The van der Waals surface area contributed by atoms with E-state index in [1.165, 1.54) is 38.6 Å². The molecule has 0 aromatic rings. The molecule has 0 aromatic heterocycles. The quantitative estimate of drug-likeness (QED) is 0.724. The minimum Gasteiger partial charge on any atom is -0.380 e. The van der Waals surface area contributed by atoms with Crippen molar-refractivity contribution in [3.05, 3.63) is 0 Å². The Labute approximate surface area is 100 Å². The van der Waals surface area contributed by atoms with Crippen molar-refractivity contribution < 1.29 is 4.74 Å². The normalized spacial score (nSPS) is 24.6. The van der Waals surface area contributed by atoms with E-state index in [1.54, 1.807) is 7.11 Å². The first-order chi connectivity index (χ1) is 7.81. The number of nitrogens with two attached hydrogens (primary N) is 1. The molecule has 16 heavy (non-hydrogen) atoms. The van der Waals surface area contributed by atoms with Crippen LogP contribution in [0.4, 0.5) is 0 Å². The number of hydrogen-bond acceptors (Lipinski definition) is 3. The minimum atomic E-state index is 0.240. The lowest BCUT2D eigenvalue weighted by molar-refractivity contribution is 0.0707. The molecule has 3 heteroatoms. The van der Waals surface area contributed by atoms with Gasteiger partial charge in [0.25, 0.3) is 0 Å². The van der Waals surface area contributed by atoms with Crippen LogP contribution in [-0.4, -0.2) is 43.8 Å². The monoisotopic (exact) mass is 228 g/mol. The molecule has 96 valence electrons. The fourth-order valence-corrected chi connectivity index (χ4v) is 2.66. The largest absolute Gasteiger partial charge is 0.380 e. The number of piperidine rings is 1. The first-order valence-corrected chi connectivity index (χ1v) is 6.78. The third-order valence-corrected chi connectivity index (χ3v) is 3.71. The van der Waals surface area contributed by atoms with Gasteiger partial charge in [-0.2, -0.15) is 0 Å². The van der Waals surface area contributed by atoms with Gasteiger partial charge in [0, 0.05) is 26.2 Å². The van der Waals surface area contributed by atoms with Crippen LogP contribution in [0.1, 0.15) is 45.4 Å². The van der Waals surface area contributed by atoms with E-state index in [4.69, 9.17) is 10.5 Å². The number of ether oxygens (including phenoxy) is 1. The Bertz CT molecular complexity index is 169. The van der Waals surface area contributed by atoms with E-state index in [2.05, 4.69) is 11.8 Å². The average Bonchev–Trinajstić information content (AvgIpc) is 2.33. The second-order valence-electron chi connectivity index (χ2n) is 4.86. The van der Waals surface area contributed by atoms with Gasteiger partial charge in [-0.3, -0.25) is 0 Å². The van der Waals surface area contributed by atoms with E-state index in [-0.39, 0.29) is 6.10 Å². The van der Waals surface area contributed by atoms with Gasteiger partial charge in [-0.15, -0.1) is 0 Å². The highest BCUT2D eigenvalue weighted by atomic mass is 16.5. The van der Waals surface area contributed by atoms with Crippen LogP contribution in [0, 0.1) is 0 Å². The zero-order valence-electron chi connectivity index (χ0n) is 11.0. The van der Waals surface area contributed by atoms with Gasteiger partial charge in [0.1, 0.15) is 0 Å². The summed E-state index contributed by atoms with van der Waals surface area (Å²) in [5, 5.41) is 0. The highest BCUT2D eigenvalue weighted by molar-refractivity contribution is 4.77. The van der Waals surface area contributed by atoms with Crippen LogP contribution in [0.3, 0.4) is 0 Å². The maximum Gasteiger partial charge on any atom is 0.0705 e. The number of methoxy groups -OCH3 is 1.